The van der Waals surface area contributed by atoms with Gasteiger partial charge in [0.25, 0.3) is 0 Å². The quantitative estimate of drug-likeness (QED) is 0.886. The van der Waals surface area contributed by atoms with Crippen molar-refractivity contribution in [3.05, 3.63) is 28.3 Å². The van der Waals surface area contributed by atoms with E-state index in [1.54, 1.807) is 7.11 Å². The van der Waals surface area contributed by atoms with Crippen LogP contribution in [0.4, 0.5) is 5.00 Å². The Morgan fingerprint density at radius 3 is 2.35 bits per heavy atom. The second-order valence-corrected chi connectivity index (χ2v) is 5.32. The van der Waals surface area contributed by atoms with Gasteiger partial charge in [-0.25, -0.2) is 4.98 Å². The summed E-state index contributed by atoms with van der Waals surface area (Å²) in [7, 11) is 1.67. The van der Waals surface area contributed by atoms with Gasteiger partial charge in [0.2, 0.25) is 0 Å². The molecule has 0 bridgehead atoms. The first kappa shape index (κ1) is 11.9. The van der Waals surface area contributed by atoms with Crippen LogP contribution in [0.15, 0.2) is 12.1 Å². The summed E-state index contributed by atoms with van der Waals surface area (Å²) in [6.07, 6.45) is 0. The zero-order valence-corrected chi connectivity index (χ0v) is 11.3. The van der Waals surface area contributed by atoms with Crippen molar-refractivity contribution in [3.8, 4) is 17.0 Å². The number of aryl methyl sites for hydroxylation is 3. The van der Waals surface area contributed by atoms with E-state index in [4.69, 9.17) is 10.5 Å². The Bertz CT molecular complexity index is 561. The first-order valence-corrected chi connectivity index (χ1v) is 6.23. The average Bonchev–Trinajstić information content (AvgIpc) is 2.61. The van der Waals surface area contributed by atoms with Gasteiger partial charge in [-0.3, -0.25) is 0 Å². The molecule has 0 saturated carbocycles. The van der Waals surface area contributed by atoms with Crippen LogP contribution in [-0.4, -0.2) is 12.1 Å². The monoisotopic (exact) mass is 248 g/mol. The lowest BCUT2D eigenvalue weighted by Crippen LogP contribution is -1.94. The maximum Gasteiger partial charge on any atom is 0.128 e. The number of benzene rings is 1. The summed E-state index contributed by atoms with van der Waals surface area (Å²) in [5, 5.41) is 1.71. The molecule has 4 heteroatoms. The van der Waals surface area contributed by atoms with Crippen LogP contribution in [-0.2, 0) is 0 Å². The summed E-state index contributed by atoms with van der Waals surface area (Å²) < 4.78 is 5.41. The molecule has 90 valence electrons. The molecular weight excluding hydrogens is 232 g/mol. The van der Waals surface area contributed by atoms with E-state index in [9.17, 15) is 0 Å². The van der Waals surface area contributed by atoms with Crippen LogP contribution in [0.1, 0.15) is 16.1 Å². The number of nitrogen functional groups attached to an aromatic ring is 1. The summed E-state index contributed by atoms with van der Waals surface area (Å²) in [5.74, 6) is 0.824. The second kappa shape index (κ2) is 4.37. The van der Waals surface area contributed by atoms with Crippen molar-refractivity contribution in [1.29, 1.82) is 0 Å². The van der Waals surface area contributed by atoms with Crippen LogP contribution in [0.25, 0.3) is 11.3 Å². The Balaban J connectivity index is 2.66. The lowest BCUT2D eigenvalue weighted by atomic mass is 10.0. The molecule has 0 amide bonds. The minimum Gasteiger partial charge on any atom is -0.496 e. The normalized spacial score (nSPS) is 10.6. The van der Waals surface area contributed by atoms with E-state index in [0.29, 0.717) is 0 Å². The van der Waals surface area contributed by atoms with Crippen molar-refractivity contribution in [2.75, 3.05) is 12.8 Å². The van der Waals surface area contributed by atoms with E-state index in [1.165, 1.54) is 22.5 Å². The van der Waals surface area contributed by atoms with E-state index >= 15 is 0 Å². The topological polar surface area (TPSA) is 48.1 Å². The van der Waals surface area contributed by atoms with E-state index in [-0.39, 0.29) is 0 Å². The van der Waals surface area contributed by atoms with Gasteiger partial charge in [-0.15, -0.1) is 11.3 Å². The molecule has 0 radical (unpaired) electrons. The number of nitrogens with two attached hydrogens (primary N) is 1. The molecule has 2 aromatic rings. The Hall–Kier alpha value is -1.55. The third-order valence-corrected chi connectivity index (χ3v) is 3.63. The number of methoxy groups -OCH3 is 1. The van der Waals surface area contributed by atoms with Crippen molar-refractivity contribution >= 4 is 16.3 Å². The highest BCUT2D eigenvalue weighted by Gasteiger charge is 2.14. The van der Waals surface area contributed by atoms with Crippen molar-refractivity contribution in [3.63, 3.8) is 0 Å². The predicted octanol–water partition coefficient (Wildman–Crippen LogP) is 3.33. The Morgan fingerprint density at radius 1 is 1.18 bits per heavy atom. The molecule has 0 aliphatic carbocycles. The summed E-state index contributed by atoms with van der Waals surface area (Å²) in [6.45, 7) is 6.10. The van der Waals surface area contributed by atoms with Gasteiger partial charge in [0, 0.05) is 5.56 Å². The van der Waals surface area contributed by atoms with E-state index < -0.39 is 0 Å². The molecule has 0 aliphatic rings. The lowest BCUT2D eigenvalue weighted by Gasteiger charge is -2.10. The third-order valence-electron chi connectivity index (χ3n) is 2.83. The van der Waals surface area contributed by atoms with Gasteiger partial charge in [-0.2, -0.15) is 0 Å². The van der Waals surface area contributed by atoms with Crippen LogP contribution in [0.5, 0.6) is 5.75 Å². The SMILES string of the molecule is COc1cc(C)c(C)cc1-c1nc(C)sc1N. The number of hydrogen-bond acceptors (Lipinski definition) is 4. The van der Waals surface area contributed by atoms with Gasteiger partial charge >= 0.3 is 0 Å². The fourth-order valence-electron chi connectivity index (χ4n) is 1.78. The minimum absolute atomic E-state index is 0.740. The summed E-state index contributed by atoms with van der Waals surface area (Å²) in [5.41, 5.74) is 10.2. The number of aromatic nitrogens is 1. The molecule has 17 heavy (non-hydrogen) atoms. The average molecular weight is 248 g/mol. The molecule has 0 atom stereocenters. The van der Waals surface area contributed by atoms with Gasteiger partial charge in [0.15, 0.2) is 0 Å². The summed E-state index contributed by atoms with van der Waals surface area (Å²) in [4.78, 5) is 4.47. The number of rotatable bonds is 2. The Kier molecular flexibility index (Phi) is 3.07. The van der Waals surface area contributed by atoms with Gasteiger partial charge in [-0.1, -0.05) is 0 Å². The molecule has 0 saturated heterocycles. The minimum atomic E-state index is 0.740. The van der Waals surface area contributed by atoms with Crippen LogP contribution in [0, 0.1) is 20.8 Å². The zero-order valence-electron chi connectivity index (χ0n) is 10.5. The van der Waals surface area contributed by atoms with E-state index in [1.807, 2.05) is 13.0 Å². The fourth-order valence-corrected chi connectivity index (χ4v) is 2.49. The molecule has 0 aliphatic heterocycles. The maximum atomic E-state index is 5.99. The third kappa shape index (κ3) is 2.13. The first-order chi connectivity index (χ1) is 8.02. The Labute approximate surface area is 105 Å². The standard InChI is InChI=1S/C13H16N2OS/c1-7-5-10(11(16-4)6-8(7)2)12-13(14)17-9(3)15-12/h5-6H,14H2,1-4H3. The highest BCUT2D eigenvalue weighted by molar-refractivity contribution is 7.16. The number of hydrogen-bond donors (Lipinski definition) is 1. The molecule has 0 unspecified atom stereocenters. The molecular formula is C13H16N2OS. The smallest absolute Gasteiger partial charge is 0.128 e. The van der Waals surface area contributed by atoms with Crippen molar-refractivity contribution < 1.29 is 4.74 Å². The highest BCUT2D eigenvalue weighted by Crippen LogP contribution is 2.37. The zero-order chi connectivity index (χ0) is 12.6. The molecule has 2 rings (SSSR count). The van der Waals surface area contributed by atoms with Crippen LogP contribution >= 0.6 is 11.3 Å². The van der Waals surface area contributed by atoms with Gasteiger partial charge < -0.3 is 10.5 Å². The summed E-state index contributed by atoms with van der Waals surface area (Å²) >= 11 is 1.50. The van der Waals surface area contributed by atoms with Gasteiger partial charge in [0.05, 0.1) is 12.1 Å². The van der Waals surface area contributed by atoms with Crippen LogP contribution in [0.3, 0.4) is 0 Å². The molecule has 1 aromatic heterocycles. The van der Waals surface area contributed by atoms with Crippen molar-refractivity contribution in [1.82, 2.24) is 4.98 Å². The lowest BCUT2D eigenvalue weighted by molar-refractivity contribution is 0.416. The summed E-state index contributed by atoms with van der Waals surface area (Å²) in [6, 6.07) is 4.11. The molecule has 3 nitrogen and oxygen atoms in total. The first-order valence-electron chi connectivity index (χ1n) is 5.41. The molecule has 0 fully saturated rings. The van der Waals surface area contributed by atoms with Crippen LogP contribution < -0.4 is 10.5 Å². The number of nitrogens with zero attached hydrogens (tertiary/aromatic N) is 1. The number of anilines is 1. The van der Waals surface area contributed by atoms with Crippen molar-refractivity contribution in [2.24, 2.45) is 0 Å². The molecule has 0 spiro atoms. The molecule has 1 aromatic carbocycles. The number of ether oxygens (including phenoxy) is 1. The van der Waals surface area contributed by atoms with Crippen LogP contribution in [0.2, 0.25) is 0 Å². The largest absolute Gasteiger partial charge is 0.496 e. The number of thiazole rings is 1. The second-order valence-electron chi connectivity index (χ2n) is 4.08. The van der Waals surface area contributed by atoms with E-state index in [0.717, 1.165) is 27.0 Å². The molecule has 2 N–H and O–H groups in total. The Morgan fingerprint density at radius 2 is 1.82 bits per heavy atom. The highest BCUT2D eigenvalue weighted by atomic mass is 32.1. The van der Waals surface area contributed by atoms with Crippen molar-refractivity contribution in [2.45, 2.75) is 20.8 Å². The van der Waals surface area contributed by atoms with E-state index in [2.05, 4.69) is 24.9 Å². The maximum absolute atomic E-state index is 5.99. The fraction of sp³-hybridized carbons (Fsp3) is 0.308. The van der Waals surface area contributed by atoms with Gasteiger partial charge in [-0.05, 0) is 44.0 Å². The van der Waals surface area contributed by atoms with Gasteiger partial charge in [0.1, 0.15) is 16.4 Å². The molecule has 1 heterocycles. The predicted molar refractivity (Wildman–Crippen MR) is 72.7 cm³/mol.